The van der Waals surface area contributed by atoms with Crippen LogP contribution in [0.15, 0.2) is 18.2 Å². The second-order valence-electron chi connectivity index (χ2n) is 5.14. The van der Waals surface area contributed by atoms with Crippen molar-refractivity contribution < 1.29 is 9.53 Å². The first-order valence-corrected chi connectivity index (χ1v) is 6.92. The Morgan fingerprint density at radius 3 is 3.25 bits per heavy atom. The normalized spacial score (nSPS) is 16.0. The van der Waals surface area contributed by atoms with Crippen LogP contribution < -0.4 is 10.1 Å². The Morgan fingerprint density at radius 1 is 1.40 bits per heavy atom. The van der Waals surface area contributed by atoms with E-state index in [4.69, 9.17) is 4.74 Å². The van der Waals surface area contributed by atoms with E-state index in [1.165, 1.54) is 5.56 Å². The fourth-order valence-corrected chi connectivity index (χ4v) is 2.93. The topological polar surface area (TPSA) is 56.1 Å². The highest BCUT2D eigenvalue weighted by Crippen LogP contribution is 2.33. The summed E-state index contributed by atoms with van der Waals surface area (Å²) >= 11 is 0. The van der Waals surface area contributed by atoms with Gasteiger partial charge in [-0.05, 0) is 30.2 Å². The van der Waals surface area contributed by atoms with Crippen molar-refractivity contribution in [2.45, 2.75) is 19.4 Å². The highest BCUT2D eigenvalue weighted by atomic mass is 16.5. The van der Waals surface area contributed by atoms with Crippen LogP contribution in [0.4, 0.5) is 5.95 Å². The van der Waals surface area contributed by atoms with Crippen molar-refractivity contribution in [3.8, 4) is 17.0 Å². The number of aromatic nitrogens is 2. The van der Waals surface area contributed by atoms with Crippen molar-refractivity contribution in [2.24, 2.45) is 0 Å². The van der Waals surface area contributed by atoms with Crippen molar-refractivity contribution in [3.05, 3.63) is 29.5 Å². The minimum Gasteiger partial charge on any atom is -0.493 e. The number of hydrogen-bond donors (Lipinski definition) is 1. The van der Waals surface area contributed by atoms with Gasteiger partial charge in [-0.2, -0.15) is 0 Å². The quantitative estimate of drug-likeness (QED) is 0.848. The van der Waals surface area contributed by atoms with Crippen LogP contribution in [0.1, 0.15) is 22.5 Å². The number of rotatable bonds is 2. The van der Waals surface area contributed by atoms with Gasteiger partial charge in [-0.1, -0.05) is 0 Å². The smallest absolute Gasteiger partial charge is 0.203 e. The number of nitrogens with one attached hydrogen (secondary N) is 1. The molecule has 1 aromatic heterocycles. The molecule has 2 aliphatic heterocycles. The minimum atomic E-state index is 0.658. The van der Waals surface area contributed by atoms with Gasteiger partial charge in [0.1, 0.15) is 17.1 Å². The average molecular weight is 269 g/mol. The molecule has 0 radical (unpaired) electrons. The molecule has 0 saturated carbocycles. The first-order chi connectivity index (χ1) is 9.86. The third-order valence-corrected chi connectivity index (χ3v) is 3.92. The lowest BCUT2D eigenvalue weighted by molar-refractivity contribution is 0.111. The Balaban J connectivity index is 1.85. The van der Waals surface area contributed by atoms with E-state index in [1.807, 2.05) is 16.7 Å². The second-order valence-corrected chi connectivity index (χ2v) is 5.14. The first-order valence-electron chi connectivity index (χ1n) is 6.92. The molecule has 0 unspecified atom stereocenters. The first kappa shape index (κ1) is 11.5. The number of hydrogen-bond acceptors (Lipinski definition) is 4. The molecule has 0 aliphatic carbocycles. The van der Waals surface area contributed by atoms with E-state index in [0.717, 1.165) is 61.8 Å². The van der Waals surface area contributed by atoms with Crippen molar-refractivity contribution >= 4 is 12.2 Å². The van der Waals surface area contributed by atoms with Gasteiger partial charge in [-0.3, -0.25) is 4.79 Å². The molecule has 102 valence electrons. The Bertz CT molecular complexity index is 691. The highest BCUT2D eigenvalue weighted by molar-refractivity contribution is 5.85. The van der Waals surface area contributed by atoms with Gasteiger partial charge in [-0.15, -0.1) is 0 Å². The molecule has 5 nitrogen and oxygen atoms in total. The maximum absolute atomic E-state index is 11.5. The van der Waals surface area contributed by atoms with Crippen LogP contribution in [-0.4, -0.2) is 29.0 Å². The summed E-state index contributed by atoms with van der Waals surface area (Å²) in [5.41, 5.74) is 3.60. The van der Waals surface area contributed by atoms with Crippen LogP contribution in [0.5, 0.6) is 5.75 Å². The number of aldehydes is 1. The van der Waals surface area contributed by atoms with Crippen LogP contribution in [0.25, 0.3) is 11.3 Å². The number of fused-ring (bicyclic) bond motifs is 2. The van der Waals surface area contributed by atoms with E-state index in [1.54, 1.807) is 0 Å². The fourth-order valence-electron chi connectivity index (χ4n) is 2.93. The summed E-state index contributed by atoms with van der Waals surface area (Å²) in [6, 6.07) is 6.03. The third-order valence-electron chi connectivity index (χ3n) is 3.92. The summed E-state index contributed by atoms with van der Waals surface area (Å²) in [6.07, 6.45) is 2.84. The highest BCUT2D eigenvalue weighted by Gasteiger charge is 2.21. The lowest BCUT2D eigenvalue weighted by Crippen LogP contribution is -2.18. The Labute approximate surface area is 116 Å². The number of carbonyl (C=O) groups excluding carboxylic acids is 1. The monoisotopic (exact) mass is 269 g/mol. The standard InChI is InChI=1S/C15H15N3O2/c19-9-12-14(17-15-16-5-1-6-18(12)15)11-2-3-13-10(8-11)4-7-20-13/h2-3,8-9H,1,4-7H2,(H,16,17). The lowest BCUT2D eigenvalue weighted by Gasteiger charge is -2.15. The van der Waals surface area contributed by atoms with Gasteiger partial charge in [0.25, 0.3) is 0 Å². The molecule has 5 heteroatoms. The molecule has 2 aromatic rings. The average Bonchev–Trinajstić information content (AvgIpc) is 3.10. The largest absolute Gasteiger partial charge is 0.493 e. The summed E-state index contributed by atoms with van der Waals surface area (Å²) in [4.78, 5) is 16.1. The van der Waals surface area contributed by atoms with E-state index in [2.05, 4.69) is 16.4 Å². The van der Waals surface area contributed by atoms with Gasteiger partial charge in [-0.25, -0.2) is 4.98 Å². The van der Waals surface area contributed by atoms with E-state index in [-0.39, 0.29) is 0 Å². The number of nitrogens with zero attached hydrogens (tertiary/aromatic N) is 2. The van der Waals surface area contributed by atoms with Crippen LogP contribution in [0.3, 0.4) is 0 Å². The van der Waals surface area contributed by atoms with Crippen molar-refractivity contribution in [1.29, 1.82) is 0 Å². The molecule has 1 N–H and O–H groups in total. The molecular formula is C15H15N3O2. The second kappa shape index (κ2) is 4.37. The molecular weight excluding hydrogens is 254 g/mol. The molecule has 20 heavy (non-hydrogen) atoms. The molecule has 0 atom stereocenters. The zero-order chi connectivity index (χ0) is 13.5. The van der Waals surface area contributed by atoms with Gasteiger partial charge in [0.2, 0.25) is 5.95 Å². The van der Waals surface area contributed by atoms with E-state index in [0.29, 0.717) is 5.69 Å². The molecule has 4 rings (SSSR count). The van der Waals surface area contributed by atoms with Gasteiger partial charge in [0, 0.05) is 25.1 Å². The molecule has 3 heterocycles. The zero-order valence-electron chi connectivity index (χ0n) is 11.1. The number of ether oxygens (including phenoxy) is 1. The minimum absolute atomic E-state index is 0.658. The van der Waals surface area contributed by atoms with Crippen molar-refractivity contribution in [3.63, 3.8) is 0 Å². The third kappa shape index (κ3) is 1.62. The van der Waals surface area contributed by atoms with Gasteiger partial charge >= 0.3 is 0 Å². The van der Waals surface area contributed by atoms with Crippen LogP contribution in [-0.2, 0) is 13.0 Å². The summed E-state index contributed by atoms with van der Waals surface area (Å²) in [5.74, 6) is 1.74. The van der Waals surface area contributed by atoms with Gasteiger partial charge < -0.3 is 14.6 Å². The Kier molecular flexibility index (Phi) is 2.52. The summed E-state index contributed by atoms with van der Waals surface area (Å²) in [6.45, 7) is 2.49. The Morgan fingerprint density at radius 2 is 2.35 bits per heavy atom. The van der Waals surface area contributed by atoms with E-state index in [9.17, 15) is 4.79 Å². The number of imidazole rings is 1. The summed E-state index contributed by atoms with van der Waals surface area (Å²) in [7, 11) is 0. The summed E-state index contributed by atoms with van der Waals surface area (Å²) < 4.78 is 7.49. The van der Waals surface area contributed by atoms with Crippen LogP contribution in [0, 0.1) is 0 Å². The maximum atomic E-state index is 11.5. The van der Waals surface area contributed by atoms with Gasteiger partial charge in [0.05, 0.1) is 6.61 Å². The number of carbonyl (C=O) groups is 1. The van der Waals surface area contributed by atoms with Crippen molar-refractivity contribution in [1.82, 2.24) is 9.55 Å². The predicted octanol–water partition coefficient (Wildman–Crippen LogP) is 2.11. The molecule has 0 amide bonds. The lowest BCUT2D eigenvalue weighted by atomic mass is 10.1. The van der Waals surface area contributed by atoms with Crippen LogP contribution >= 0.6 is 0 Å². The number of anilines is 1. The zero-order valence-corrected chi connectivity index (χ0v) is 11.1. The molecule has 0 spiro atoms. The van der Waals surface area contributed by atoms with E-state index < -0.39 is 0 Å². The molecule has 2 aliphatic rings. The fraction of sp³-hybridized carbons (Fsp3) is 0.333. The SMILES string of the molecule is O=Cc1c(-c2ccc3c(c2)CCO3)nc2n1CCCN2. The van der Waals surface area contributed by atoms with Gasteiger partial charge in [0.15, 0.2) is 6.29 Å². The molecule has 1 aromatic carbocycles. The number of benzene rings is 1. The Hall–Kier alpha value is -2.30. The molecule has 0 saturated heterocycles. The predicted molar refractivity (Wildman–Crippen MR) is 75.4 cm³/mol. The maximum Gasteiger partial charge on any atom is 0.203 e. The van der Waals surface area contributed by atoms with E-state index >= 15 is 0 Å². The van der Waals surface area contributed by atoms with Crippen LogP contribution in [0.2, 0.25) is 0 Å². The molecule has 0 fully saturated rings. The van der Waals surface area contributed by atoms with Crippen molar-refractivity contribution in [2.75, 3.05) is 18.5 Å². The summed E-state index contributed by atoms with van der Waals surface area (Å²) in [5, 5.41) is 3.25. The molecule has 0 bridgehead atoms.